The Hall–Kier alpha value is -1.57. The number of aliphatic carboxylic acids is 1. The number of ketones is 1. The van der Waals surface area contributed by atoms with Crippen LogP contribution >= 0.6 is 0 Å². The molecule has 5 rings (SSSR count). The molecule has 0 spiro atoms. The van der Waals surface area contributed by atoms with Gasteiger partial charge in [0.05, 0.1) is 18.2 Å². The van der Waals surface area contributed by atoms with Gasteiger partial charge >= 0.3 is 0 Å². The van der Waals surface area contributed by atoms with Gasteiger partial charge in [0.2, 0.25) is 0 Å². The Morgan fingerprint density at radius 1 is 1.27 bits per heavy atom. The maximum absolute atomic E-state index is 17.0. The fourth-order valence-corrected chi connectivity index (χ4v) is 7.66. The molecule has 0 radical (unpaired) electrons. The highest BCUT2D eigenvalue weighted by atomic mass is 19.1. The Bertz CT molecular complexity index is 909. The Labute approximate surface area is 175 Å². The average Bonchev–Trinajstić information content (AvgIpc) is 3.04. The molecule has 4 fully saturated rings. The summed E-state index contributed by atoms with van der Waals surface area (Å²) in [5, 5.41) is 23.7. The predicted molar refractivity (Wildman–Crippen MR) is 102 cm³/mol. The van der Waals surface area contributed by atoms with Crippen molar-refractivity contribution < 1.29 is 33.7 Å². The van der Waals surface area contributed by atoms with Crippen molar-refractivity contribution in [1.29, 1.82) is 0 Å². The summed E-state index contributed by atoms with van der Waals surface area (Å²) in [7, 11) is 0. The van der Waals surface area contributed by atoms with Crippen LogP contribution in [0.1, 0.15) is 53.4 Å². The Balaban J connectivity index is 1.64. The van der Waals surface area contributed by atoms with Gasteiger partial charge in [-0.15, -0.1) is 0 Å². The summed E-state index contributed by atoms with van der Waals surface area (Å²) in [6, 6.07) is 0. The van der Waals surface area contributed by atoms with Gasteiger partial charge < -0.3 is 24.5 Å². The number of hydrogen-bond donors (Lipinski definition) is 1. The van der Waals surface area contributed by atoms with Gasteiger partial charge in [0, 0.05) is 16.7 Å². The number of alkyl halides is 1. The molecule has 0 bridgehead atoms. The number of carboxylic acids is 1. The Morgan fingerprint density at radius 2 is 1.97 bits per heavy atom. The molecule has 1 N–H and O–H groups in total. The zero-order valence-corrected chi connectivity index (χ0v) is 17.7. The fourth-order valence-electron chi connectivity index (χ4n) is 7.66. The van der Waals surface area contributed by atoms with Gasteiger partial charge in [-0.25, -0.2) is 4.39 Å². The topological polar surface area (TPSA) is 95.9 Å². The first-order valence-corrected chi connectivity index (χ1v) is 10.7. The molecule has 1 aliphatic heterocycles. The van der Waals surface area contributed by atoms with Crippen LogP contribution < -0.4 is 5.11 Å². The second kappa shape index (κ2) is 5.61. The van der Waals surface area contributed by atoms with Crippen LogP contribution in [0, 0.1) is 22.7 Å². The van der Waals surface area contributed by atoms with Crippen LogP contribution in [-0.2, 0) is 19.1 Å². The highest BCUT2D eigenvalue weighted by Gasteiger charge is 2.78. The van der Waals surface area contributed by atoms with E-state index in [0.29, 0.717) is 24.8 Å². The molecule has 3 saturated carbocycles. The molecule has 0 unspecified atom stereocenters. The first kappa shape index (κ1) is 20.3. The van der Waals surface area contributed by atoms with E-state index in [4.69, 9.17) is 9.47 Å². The first-order valence-electron chi connectivity index (χ1n) is 10.7. The highest BCUT2D eigenvalue weighted by molar-refractivity contribution is 6.01. The minimum absolute atomic E-state index is 0.0841. The molecule has 4 aliphatic carbocycles. The smallest absolute Gasteiger partial charge is 0.178 e. The monoisotopic (exact) mass is 419 g/mol. The molecule has 1 saturated heterocycles. The van der Waals surface area contributed by atoms with Crippen LogP contribution in [0.3, 0.4) is 0 Å². The molecule has 30 heavy (non-hydrogen) atoms. The lowest BCUT2D eigenvalue weighted by Crippen LogP contribution is -2.71. The number of hydrogen-bond acceptors (Lipinski definition) is 6. The maximum Gasteiger partial charge on any atom is 0.178 e. The summed E-state index contributed by atoms with van der Waals surface area (Å²) >= 11 is 0. The van der Waals surface area contributed by atoms with Gasteiger partial charge in [0.15, 0.2) is 17.2 Å². The molecule has 164 valence electrons. The number of carbonyl (C=O) groups excluding carboxylic acids is 2. The lowest BCUT2D eigenvalue weighted by Gasteiger charge is -2.63. The van der Waals surface area contributed by atoms with E-state index in [9.17, 15) is 19.8 Å². The van der Waals surface area contributed by atoms with Crippen LogP contribution in [-0.4, -0.2) is 46.1 Å². The van der Waals surface area contributed by atoms with Crippen molar-refractivity contribution >= 4 is 11.8 Å². The van der Waals surface area contributed by atoms with Gasteiger partial charge in [0.1, 0.15) is 5.60 Å². The van der Waals surface area contributed by atoms with Crippen molar-refractivity contribution in [1.82, 2.24) is 0 Å². The Morgan fingerprint density at radius 3 is 2.63 bits per heavy atom. The number of aliphatic hydroxyl groups excluding tert-OH is 1. The standard InChI is InChI=1S/C23H29FO6/c1-19(2)29-17-10-15-14-6-5-12-9-13(25)7-8-20(12,3)22(14,24)16(26)11-21(15,4)23(17,30-19)18(27)28/h7-9,14-17,26H,5-6,10-11H2,1-4H3,(H,27,28)/p-1/t14-,15+,16-,17-,20+,21+,22+,23+/m1/s1. The van der Waals surface area contributed by atoms with Crippen LogP contribution in [0.15, 0.2) is 23.8 Å². The van der Waals surface area contributed by atoms with Crippen molar-refractivity contribution in [2.75, 3.05) is 0 Å². The third-order valence-corrected chi connectivity index (χ3v) is 8.94. The number of allylic oxidation sites excluding steroid dienone is 4. The van der Waals surface area contributed by atoms with E-state index < -0.39 is 52.0 Å². The zero-order chi connectivity index (χ0) is 21.9. The van der Waals surface area contributed by atoms with E-state index in [0.717, 1.165) is 0 Å². The van der Waals surface area contributed by atoms with Crippen LogP contribution in [0.5, 0.6) is 0 Å². The largest absolute Gasteiger partial charge is 0.547 e. The van der Waals surface area contributed by atoms with Gasteiger partial charge in [-0.1, -0.05) is 18.6 Å². The molecular weight excluding hydrogens is 391 g/mol. The zero-order valence-electron chi connectivity index (χ0n) is 17.7. The quantitative estimate of drug-likeness (QED) is 0.694. The Kier molecular flexibility index (Phi) is 3.81. The third-order valence-electron chi connectivity index (χ3n) is 8.94. The van der Waals surface area contributed by atoms with Crippen molar-refractivity contribution in [2.45, 2.75) is 82.6 Å². The van der Waals surface area contributed by atoms with Gasteiger partial charge in [-0.05, 0) is 64.5 Å². The molecule has 6 nitrogen and oxygen atoms in total. The van der Waals surface area contributed by atoms with Crippen molar-refractivity contribution in [3.63, 3.8) is 0 Å². The van der Waals surface area contributed by atoms with Crippen LogP contribution in [0.4, 0.5) is 4.39 Å². The fraction of sp³-hybridized carbons (Fsp3) is 0.739. The minimum Gasteiger partial charge on any atom is -0.547 e. The summed E-state index contributed by atoms with van der Waals surface area (Å²) in [5.74, 6) is -3.60. The predicted octanol–water partition coefficient (Wildman–Crippen LogP) is 1.61. The first-order chi connectivity index (χ1) is 13.8. The number of carboxylic acid groups (broad SMARTS) is 1. The molecule has 1 heterocycles. The summed E-state index contributed by atoms with van der Waals surface area (Å²) in [6.45, 7) is 6.83. The second-order valence-electron chi connectivity index (χ2n) is 10.6. The number of aliphatic hydroxyl groups is 1. The summed E-state index contributed by atoms with van der Waals surface area (Å²) in [5.41, 5.74) is -5.22. The number of ether oxygens (including phenoxy) is 2. The molecule has 0 aromatic rings. The molecule has 0 aromatic carbocycles. The molecule has 0 amide bonds. The van der Waals surface area contributed by atoms with Crippen molar-refractivity contribution in [3.05, 3.63) is 23.8 Å². The lowest BCUT2D eigenvalue weighted by molar-refractivity contribution is -0.342. The number of rotatable bonds is 1. The van der Waals surface area contributed by atoms with Gasteiger partial charge in [-0.2, -0.15) is 0 Å². The highest BCUT2D eigenvalue weighted by Crippen LogP contribution is 2.72. The molecular formula is C23H28FO6-. The number of halogens is 1. The normalized spacial score (nSPS) is 53.4. The van der Waals surface area contributed by atoms with Crippen LogP contribution in [0.2, 0.25) is 0 Å². The number of fused-ring (bicyclic) bond motifs is 7. The van der Waals surface area contributed by atoms with E-state index in [1.165, 1.54) is 12.2 Å². The molecule has 0 aromatic heterocycles. The second-order valence-corrected chi connectivity index (χ2v) is 10.6. The molecule has 7 heteroatoms. The summed E-state index contributed by atoms with van der Waals surface area (Å²) in [6.07, 6.45) is 3.45. The SMILES string of the molecule is CC1(C)O[C@@H]2C[C@H]3[C@H]4CCC5=CC(=O)C=C[C@]5(C)[C@@]4(F)[C@H](O)C[C@]3(C)[C@]2(C(=O)[O-])O1. The summed E-state index contributed by atoms with van der Waals surface area (Å²) in [4.78, 5) is 24.4. The summed E-state index contributed by atoms with van der Waals surface area (Å²) < 4.78 is 29.0. The minimum atomic E-state index is -2.01. The van der Waals surface area contributed by atoms with Gasteiger partial charge in [-0.3, -0.25) is 4.79 Å². The van der Waals surface area contributed by atoms with E-state index >= 15 is 4.39 Å². The van der Waals surface area contributed by atoms with Crippen molar-refractivity contribution in [3.8, 4) is 0 Å². The van der Waals surface area contributed by atoms with Crippen molar-refractivity contribution in [2.24, 2.45) is 22.7 Å². The van der Waals surface area contributed by atoms with E-state index in [2.05, 4.69) is 0 Å². The van der Waals surface area contributed by atoms with E-state index in [1.807, 2.05) is 0 Å². The van der Waals surface area contributed by atoms with E-state index in [1.54, 1.807) is 33.8 Å². The molecule has 5 aliphatic rings. The molecule has 8 atom stereocenters. The average molecular weight is 419 g/mol. The van der Waals surface area contributed by atoms with E-state index in [-0.39, 0.29) is 18.1 Å². The van der Waals surface area contributed by atoms with Crippen LogP contribution in [0.25, 0.3) is 0 Å². The third kappa shape index (κ3) is 2.04. The lowest BCUT2D eigenvalue weighted by atomic mass is 9.45. The number of carbonyl (C=O) groups is 2. The maximum atomic E-state index is 17.0. The van der Waals surface area contributed by atoms with Gasteiger partial charge in [0.25, 0.3) is 0 Å².